The molecule has 1 aromatic heterocycles. The number of hydrogen-bond acceptors (Lipinski definition) is 5. The third-order valence-electron chi connectivity index (χ3n) is 5.36. The molecule has 0 amide bonds. The van der Waals surface area contributed by atoms with Gasteiger partial charge in [-0.05, 0) is 39.8 Å². The van der Waals surface area contributed by atoms with E-state index in [-0.39, 0.29) is 5.54 Å². The van der Waals surface area contributed by atoms with Gasteiger partial charge in [-0.25, -0.2) is 4.98 Å². The Morgan fingerprint density at radius 1 is 1.17 bits per heavy atom. The van der Waals surface area contributed by atoms with E-state index in [9.17, 15) is 0 Å². The fourth-order valence-corrected chi connectivity index (χ4v) is 3.44. The SMILES string of the molecule is CCNC(=NCC(C)(C)N1CCOCC1)NCCc1coc(-c2ccc(C)cc2)n1. The molecule has 164 valence electrons. The van der Waals surface area contributed by atoms with Crippen LogP contribution in [0.1, 0.15) is 32.0 Å². The van der Waals surface area contributed by atoms with Crippen molar-refractivity contribution in [1.82, 2.24) is 20.5 Å². The van der Waals surface area contributed by atoms with Crippen LogP contribution in [-0.2, 0) is 11.2 Å². The van der Waals surface area contributed by atoms with Gasteiger partial charge < -0.3 is 19.8 Å². The summed E-state index contributed by atoms with van der Waals surface area (Å²) >= 11 is 0. The predicted molar refractivity (Wildman–Crippen MR) is 121 cm³/mol. The summed E-state index contributed by atoms with van der Waals surface area (Å²) in [4.78, 5) is 11.9. The number of rotatable bonds is 8. The maximum Gasteiger partial charge on any atom is 0.226 e. The molecule has 30 heavy (non-hydrogen) atoms. The fourth-order valence-electron chi connectivity index (χ4n) is 3.44. The van der Waals surface area contributed by atoms with Crippen LogP contribution in [0.15, 0.2) is 39.9 Å². The van der Waals surface area contributed by atoms with Gasteiger partial charge in [-0.15, -0.1) is 0 Å². The minimum atomic E-state index is 0.00117. The third-order valence-corrected chi connectivity index (χ3v) is 5.36. The van der Waals surface area contributed by atoms with Crippen molar-refractivity contribution < 1.29 is 9.15 Å². The molecule has 2 heterocycles. The number of guanidine groups is 1. The Balaban J connectivity index is 1.52. The summed E-state index contributed by atoms with van der Waals surface area (Å²) in [6, 6.07) is 8.21. The highest BCUT2D eigenvalue weighted by Crippen LogP contribution is 2.19. The van der Waals surface area contributed by atoms with Gasteiger partial charge in [0, 0.05) is 43.7 Å². The summed E-state index contributed by atoms with van der Waals surface area (Å²) in [6.45, 7) is 14.4. The highest BCUT2D eigenvalue weighted by Gasteiger charge is 2.28. The standard InChI is InChI=1S/C23H35N5O2/c1-5-24-22(26-17-23(3,4)28-12-14-29-15-13-28)25-11-10-20-16-30-21(27-20)19-8-6-18(2)7-9-19/h6-9,16H,5,10-15,17H2,1-4H3,(H2,24,25,26). The Bertz CT molecular complexity index is 807. The summed E-state index contributed by atoms with van der Waals surface area (Å²) in [7, 11) is 0. The van der Waals surface area contributed by atoms with Crippen molar-refractivity contribution in [3.63, 3.8) is 0 Å². The van der Waals surface area contributed by atoms with Crippen LogP contribution < -0.4 is 10.6 Å². The van der Waals surface area contributed by atoms with Crippen molar-refractivity contribution in [1.29, 1.82) is 0 Å². The monoisotopic (exact) mass is 413 g/mol. The molecule has 1 aliphatic rings. The van der Waals surface area contributed by atoms with E-state index < -0.39 is 0 Å². The van der Waals surface area contributed by atoms with Crippen molar-refractivity contribution in [3.05, 3.63) is 41.8 Å². The summed E-state index contributed by atoms with van der Waals surface area (Å²) in [6.07, 6.45) is 2.51. The molecule has 0 spiro atoms. The van der Waals surface area contributed by atoms with E-state index in [4.69, 9.17) is 14.1 Å². The summed E-state index contributed by atoms with van der Waals surface area (Å²) in [5.74, 6) is 1.50. The van der Waals surface area contributed by atoms with E-state index in [2.05, 4.69) is 60.3 Å². The van der Waals surface area contributed by atoms with Crippen molar-refractivity contribution in [2.45, 2.75) is 39.7 Å². The van der Waals surface area contributed by atoms with Gasteiger partial charge in [0.15, 0.2) is 5.96 Å². The summed E-state index contributed by atoms with van der Waals surface area (Å²) in [5, 5.41) is 6.75. The number of nitrogens with zero attached hydrogens (tertiary/aromatic N) is 3. The lowest BCUT2D eigenvalue weighted by molar-refractivity contribution is -0.00683. The highest BCUT2D eigenvalue weighted by atomic mass is 16.5. The van der Waals surface area contributed by atoms with Gasteiger partial charge in [-0.3, -0.25) is 9.89 Å². The van der Waals surface area contributed by atoms with Gasteiger partial charge in [0.05, 0.1) is 25.5 Å². The zero-order valence-corrected chi connectivity index (χ0v) is 18.7. The zero-order valence-electron chi connectivity index (χ0n) is 18.7. The number of aryl methyl sites for hydroxylation is 1. The number of aromatic nitrogens is 1. The largest absolute Gasteiger partial charge is 0.444 e. The van der Waals surface area contributed by atoms with Crippen LogP contribution in [0, 0.1) is 6.92 Å². The highest BCUT2D eigenvalue weighted by molar-refractivity contribution is 5.79. The second-order valence-electron chi connectivity index (χ2n) is 8.29. The first-order chi connectivity index (χ1) is 14.5. The first kappa shape index (κ1) is 22.3. The van der Waals surface area contributed by atoms with E-state index in [1.807, 2.05) is 12.1 Å². The van der Waals surface area contributed by atoms with Crippen molar-refractivity contribution in [2.24, 2.45) is 4.99 Å². The van der Waals surface area contributed by atoms with Gasteiger partial charge in [-0.2, -0.15) is 0 Å². The second kappa shape index (κ2) is 10.6. The summed E-state index contributed by atoms with van der Waals surface area (Å²) < 4.78 is 11.1. The maximum atomic E-state index is 5.65. The van der Waals surface area contributed by atoms with Crippen molar-refractivity contribution in [2.75, 3.05) is 45.9 Å². The number of hydrogen-bond donors (Lipinski definition) is 2. The van der Waals surface area contributed by atoms with E-state index in [0.29, 0.717) is 5.89 Å². The van der Waals surface area contributed by atoms with Gasteiger partial charge in [-0.1, -0.05) is 17.7 Å². The van der Waals surface area contributed by atoms with Gasteiger partial charge >= 0.3 is 0 Å². The van der Waals surface area contributed by atoms with E-state index in [0.717, 1.165) is 69.6 Å². The molecule has 0 saturated carbocycles. The molecule has 1 saturated heterocycles. The van der Waals surface area contributed by atoms with Crippen molar-refractivity contribution >= 4 is 5.96 Å². The smallest absolute Gasteiger partial charge is 0.226 e. The Labute approximate surface area is 179 Å². The second-order valence-corrected chi connectivity index (χ2v) is 8.29. The maximum absolute atomic E-state index is 5.65. The normalized spacial score (nSPS) is 15.9. The number of benzene rings is 1. The van der Waals surface area contributed by atoms with E-state index >= 15 is 0 Å². The van der Waals surface area contributed by atoms with Crippen LogP contribution in [0.3, 0.4) is 0 Å². The molecule has 7 heteroatoms. The molecule has 7 nitrogen and oxygen atoms in total. The lowest BCUT2D eigenvalue weighted by Crippen LogP contribution is -2.52. The lowest BCUT2D eigenvalue weighted by Gasteiger charge is -2.39. The molecule has 1 aliphatic heterocycles. The van der Waals surface area contributed by atoms with Crippen molar-refractivity contribution in [3.8, 4) is 11.5 Å². The molecule has 1 fully saturated rings. The molecule has 0 radical (unpaired) electrons. The fraction of sp³-hybridized carbons (Fsp3) is 0.565. The van der Waals surface area contributed by atoms with E-state index in [1.54, 1.807) is 6.26 Å². The Hall–Kier alpha value is -2.38. The third kappa shape index (κ3) is 6.31. The molecule has 2 aromatic rings. The first-order valence-corrected chi connectivity index (χ1v) is 10.8. The molecular formula is C23H35N5O2. The minimum Gasteiger partial charge on any atom is -0.444 e. The van der Waals surface area contributed by atoms with Crippen LogP contribution in [0.2, 0.25) is 0 Å². The Morgan fingerprint density at radius 2 is 1.90 bits per heavy atom. The summed E-state index contributed by atoms with van der Waals surface area (Å²) in [5.41, 5.74) is 3.16. The number of aliphatic imine (C=N–C) groups is 1. The van der Waals surface area contributed by atoms with Gasteiger partial charge in [0.25, 0.3) is 0 Å². The number of oxazole rings is 1. The molecule has 0 aliphatic carbocycles. The zero-order chi connectivity index (χ0) is 21.4. The van der Waals surface area contributed by atoms with Crippen LogP contribution >= 0.6 is 0 Å². The van der Waals surface area contributed by atoms with Crippen LogP contribution in [0.4, 0.5) is 0 Å². The molecule has 1 aromatic carbocycles. The number of ether oxygens (including phenoxy) is 1. The van der Waals surface area contributed by atoms with E-state index in [1.165, 1.54) is 5.56 Å². The topological polar surface area (TPSA) is 74.9 Å². The first-order valence-electron chi connectivity index (χ1n) is 10.8. The predicted octanol–water partition coefficient (Wildman–Crippen LogP) is 2.86. The molecule has 0 bridgehead atoms. The van der Waals surface area contributed by atoms with Crippen LogP contribution in [0.5, 0.6) is 0 Å². The Morgan fingerprint density at radius 3 is 2.60 bits per heavy atom. The lowest BCUT2D eigenvalue weighted by atomic mass is 10.0. The molecule has 0 atom stereocenters. The average Bonchev–Trinajstić information content (AvgIpc) is 3.22. The number of morpholine rings is 1. The Kier molecular flexibility index (Phi) is 7.87. The van der Waals surface area contributed by atoms with Crippen LogP contribution in [-0.4, -0.2) is 67.3 Å². The average molecular weight is 414 g/mol. The quantitative estimate of drug-likeness (QED) is 0.512. The minimum absolute atomic E-state index is 0.00117. The molecule has 2 N–H and O–H groups in total. The molecule has 0 unspecified atom stereocenters. The van der Waals surface area contributed by atoms with Crippen LogP contribution in [0.25, 0.3) is 11.5 Å². The molecular weight excluding hydrogens is 378 g/mol. The van der Waals surface area contributed by atoms with Gasteiger partial charge in [0.2, 0.25) is 5.89 Å². The molecule has 3 rings (SSSR count). The number of nitrogens with one attached hydrogen (secondary N) is 2. The van der Waals surface area contributed by atoms with Gasteiger partial charge in [0.1, 0.15) is 6.26 Å².